The summed E-state index contributed by atoms with van der Waals surface area (Å²) >= 11 is 0. The molecule has 2 aliphatic rings. The molecule has 2 fully saturated rings. The van der Waals surface area contributed by atoms with Gasteiger partial charge in [0, 0.05) is 26.2 Å². The lowest BCUT2D eigenvalue weighted by atomic mass is 9.97. The minimum Gasteiger partial charge on any atom is -0.353 e. The van der Waals surface area contributed by atoms with Crippen LogP contribution in [0.3, 0.4) is 0 Å². The molecule has 2 aliphatic heterocycles. The SMILES string of the molecule is Cc1noc(C2CCCN(C[C@H](O[C@@H](CN3CCCC(c4nc(C)no4)C3)C(F)(F)F)C(F)(F)F)C2)n1.Cl. The zero-order chi connectivity index (χ0) is 26.8. The van der Waals surface area contributed by atoms with E-state index in [0.29, 0.717) is 62.2 Å². The second-order valence-electron chi connectivity index (χ2n) is 9.75. The van der Waals surface area contributed by atoms with Crippen molar-refractivity contribution in [1.82, 2.24) is 30.1 Å². The second-order valence-corrected chi connectivity index (χ2v) is 9.75. The molecule has 2 unspecified atom stereocenters. The molecule has 0 amide bonds. The van der Waals surface area contributed by atoms with Gasteiger partial charge in [0.2, 0.25) is 11.8 Å². The van der Waals surface area contributed by atoms with Gasteiger partial charge in [-0.15, -0.1) is 12.4 Å². The molecule has 0 aromatic carbocycles. The molecule has 2 saturated heterocycles. The molecular formula is C22H31ClF6N6O3. The third-order valence-corrected chi connectivity index (χ3v) is 6.70. The fraction of sp³-hybridized carbons (Fsp3) is 0.818. The van der Waals surface area contributed by atoms with Crippen molar-refractivity contribution in [2.24, 2.45) is 0 Å². The molecule has 9 nitrogen and oxygen atoms in total. The maximum Gasteiger partial charge on any atom is 0.415 e. The summed E-state index contributed by atoms with van der Waals surface area (Å²) in [5.74, 6) is 0.866. The first kappa shape index (κ1) is 30.6. The first-order chi connectivity index (χ1) is 17.4. The summed E-state index contributed by atoms with van der Waals surface area (Å²) in [5, 5.41) is 7.42. The van der Waals surface area contributed by atoms with Crippen LogP contribution in [0.5, 0.6) is 0 Å². The Balaban J connectivity index is 0.00000400. The van der Waals surface area contributed by atoms with E-state index in [1.54, 1.807) is 13.8 Å². The highest BCUT2D eigenvalue weighted by molar-refractivity contribution is 5.85. The Morgan fingerprint density at radius 3 is 1.50 bits per heavy atom. The lowest BCUT2D eigenvalue weighted by Crippen LogP contribution is -2.52. The Morgan fingerprint density at radius 1 is 0.789 bits per heavy atom. The molecule has 216 valence electrons. The van der Waals surface area contributed by atoms with Crippen LogP contribution in [0.4, 0.5) is 26.3 Å². The monoisotopic (exact) mass is 576 g/mol. The summed E-state index contributed by atoms with van der Waals surface area (Å²) in [4.78, 5) is 11.2. The standard InChI is InChI=1S/C22H30F6N6O3.ClH/c1-13-29-19(36-31-13)15-5-3-7-33(9-15)11-17(21(23,24)25)35-18(22(26,27)28)12-34-8-4-6-16(10-34)20-30-14(2)32-37-20;/h15-18H,3-12H2,1-2H3;1H/t15?,16?,17-,18-;/m0./s1. The molecule has 4 atom stereocenters. The Bertz CT molecular complexity index is 940. The number of ether oxygens (including phenoxy) is 1. The highest BCUT2D eigenvalue weighted by atomic mass is 35.5. The minimum atomic E-state index is -4.98. The van der Waals surface area contributed by atoms with Gasteiger partial charge in [0.1, 0.15) is 0 Å². The first-order valence-corrected chi connectivity index (χ1v) is 12.2. The molecule has 0 saturated carbocycles. The minimum absolute atomic E-state index is 0. The average molecular weight is 577 g/mol. The van der Waals surface area contributed by atoms with Crippen molar-refractivity contribution in [2.75, 3.05) is 39.3 Å². The third-order valence-electron chi connectivity index (χ3n) is 6.70. The molecule has 0 radical (unpaired) electrons. The van der Waals surface area contributed by atoms with Crippen LogP contribution >= 0.6 is 12.4 Å². The van der Waals surface area contributed by atoms with Crippen LogP contribution in [0.1, 0.15) is 60.9 Å². The fourth-order valence-electron chi connectivity index (χ4n) is 4.92. The lowest BCUT2D eigenvalue weighted by molar-refractivity contribution is -0.290. The molecular weight excluding hydrogens is 546 g/mol. The van der Waals surface area contributed by atoms with Crippen LogP contribution in [0, 0.1) is 13.8 Å². The van der Waals surface area contributed by atoms with E-state index in [2.05, 4.69) is 20.3 Å². The van der Waals surface area contributed by atoms with Gasteiger partial charge < -0.3 is 13.8 Å². The smallest absolute Gasteiger partial charge is 0.353 e. The van der Waals surface area contributed by atoms with Crippen LogP contribution in [0.25, 0.3) is 0 Å². The van der Waals surface area contributed by atoms with Gasteiger partial charge >= 0.3 is 12.4 Å². The van der Waals surface area contributed by atoms with Gasteiger partial charge in [0.15, 0.2) is 23.9 Å². The molecule has 4 heterocycles. The molecule has 0 spiro atoms. The van der Waals surface area contributed by atoms with Gasteiger partial charge in [-0.1, -0.05) is 10.3 Å². The van der Waals surface area contributed by atoms with Crippen molar-refractivity contribution in [3.05, 3.63) is 23.4 Å². The van der Waals surface area contributed by atoms with Crippen molar-refractivity contribution in [3.8, 4) is 0 Å². The average Bonchev–Trinajstić information content (AvgIpc) is 3.45. The second kappa shape index (κ2) is 12.5. The van der Waals surface area contributed by atoms with E-state index >= 15 is 0 Å². The predicted molar refractivity (Wildman–Crippen MR) is 123 cm³/mol. The normalized spacial score (nSPS) is 23.7. The number of hydrogen-bond acceptors (Lipinski definition) is 9. The summed E-state index contributed by atoms with van der Waals surface area (Å²) in [6, 6.07) is 0. The van der Waals surface area contributed by atoms with Crippen molar-refractivity contribution in [1.29, 1.82) is 0 Å². The number of likely N-dealkylation sites (tertiary alicyclic amines) is 2. The zero-order valence-electron chi connectivity index (χ0n) is 21.0. The molecule has 0 N–H and O–H groups in total. The summed E-state index contributed by atoms with van der Waals surface area (Å²) < 4.78 is 98.6. The number of nitrogens with zero attached hydrogens (tertiary/aromatic N) is 6. The quantitative estimate of drug-likeness (QED) is 0.423. The number of hydrogen-bond donors (Lipinski definition) is 0. The topological polar surface area (TPSA) is 93.6 Å². The van der Waals surface area contributed by atoms with Gasteiger partial charge in [0.25, 0.3) is 0 Å². The number of piperidine rings is 2. The summed E-state index contributed by atoms with van der Waals surface area (Å²) in [6.07, 6.45) is -12.8. The van der Waals surface area contributed by atoms with E-state index in [0.717, 1.165) is 0 Å². The van der Waals surface area contributed by atoms with Crippen molar-refractivity contribution in [3.63, 3.8) is 0 Å². The maximum atomic E-state index is 13.9. The highest BCUT2D eigenvalue weighted by Crippen LogP contribution is 2.34. The molecule has 0 bridgehead atoms. The van der Waals surface area contributed by atoms with Gasteiger partial charge in [-0.05, 0) is 52.6 Å². The van der Waals surface area contributed by atoms with Gasteiger partial charge in [0.05, 0.1) is 11.8 Å². The van der Waals surface area contributed by atoms with Crippen LogP contribution in [-0.4, -0.2) is 93.9 Å². The molecule has 38 heavy (non-hydrogen) atoms. The molecule has 2 aromatic heterocycles. The lowest BCUT2D eigenvalue weighted by Gasteiger charge is -2.38. The van der Waals surface area contributed by atoms with E-state index in [1.807, 2.05) is 0 Å². The zero-order valence-corrected chi connectivity index (χ0v) is 21.8. The Morgan fingerprint density at radius 2 is 1.18 bits per heavy atom. The number of halogens is 7. The number of aromatic nitrogens is 4. The first-order valence-electron chi connectivity index (χ1n) is 12.2. The maximum absolute atomic E-state index is 13.9. The number of aryl methyl sites for hydroxylation is 2. The molecule has 4 rings (SSSR count). The predicted octanol–water partition coefficient (Wildman–Crippen LogP) is 4.43. The fourth-order valence-corrected chi connectivity index (χ4v) is 4.92. The Labute approximate surface area is 221 Å². The van der Waals surface area contributed by atoms with E-state index in [1.165, 1.54) is 9.80 Å². The van der Waals surface area contributed by atoms with Crippen molar-refractivity contribution >= 4 is 12.4 Å². The molecule has 2 aromatic rings. The van der Waals surface area contributed by atoms with Gasteiger partial charge in [-0.3, -0.25) is 9.80 Å². The van der Waals surface area contributed by atoms with E-state index in [9.17, 15) is 26.3 Å². The van der Waals surface area contributed by atoms with E-state index in [-0.39, 0.29) is 37.3 Å². The number of rotatable bonds is 8. The number of alkyl halides is 6. The Hall–Kier alpha value is -1.97. The molecule has 0 aliphatic carbocycles. The van der Waals surface area contributed by atoms with Crippen molar-refractivity contribution < 1.29 is 40.1 Å². The highest BCUT2D eigenvalue weighted by Gasteiger charge is 2.50. The van der Waals surface area contributed by atoms with Crippen LogP contribution in [0.15, 0.2) is 9.05 Å². The third kappa shape index (κ3) is 8.02. The summed E-state index contributed by atoms with van der Waals surface area (Å²) in [6.45, 7) is 2.74. The van der Waals surface area contributed by atoms with Crippen LogP contribution in [-0.2, 0) is 4.74 Å². The van der Waals surface area contributed by atoms with Crippen LogP contribution < -0.4 is 0 Å². The van der Waals surface area contributed by atoms with Crippen molar-refractivity contribution in [2.45, 2.75) is 75.9 Å². The Kier molecular flexibility index (Phi) is 10.0. The molecule has 16 heteroatoms. The van der Waals surface area contributed by atoms with Gasteiger partial charge in [-0.2, -0.15) is 36.3 Å². The van der Waals surface area contributed by atoms with Crippen LogP contribution in [0.2, 0.25) is 0 Å². The van der Waals surface area contributed by atoms with Gasteiger partial charge in [-0.25, -0.2) is 0 Å². The largest absolute Gasteiger partial charge is 0.415 e. The van der Waals surface area contributed by atoms with E-state index < -0.39 is 37.7 Å². The van der Waals surface area contributed by atoms with E-state index in [4.69, 9.17) is 13.8 Å². The summed E-state index contributed by atoms with van der Waals surface area (Å²) in [7, 11) is 0. The summed E-state index contributed by atoms with van der Waals surface area (Å²) in [5.41, 5.74) is 0.